The number of nitrogens with zero attached hydrogens (tertiary/aromatic N) is 1. The Morgan fingerprint density at radius 3 is 3.00 bits per heavy atom. The van der Waals surface area contributed by atoms with Crippen molar-refractivity contribution in [3.8, 4) is 0 Å². The van der Waals surface area contributed by atoms with Gasteiger partial charge < -0.3 is 16.2 Å². The largest absolute Gasteiger partial charge is 0.480 e. The zero-order valence-corrected chi connectivity index (χ0v) is 8.73. The number of carboxylic acid groups (broad SMARTS) is 1. The Balaban J connectivity index is 2.45. The summed E-state index contributed by atoms with van der Waals surface area (Å²) in [7, 11) is 0. The average Bonchev–Trinajstić information content (AvgIpc) is 2.27. The van der Waals surface area contributed by atoms with E-state index in [1.807, 2.05) is 0 Å². The first-order valence-electron chi connectivity index (χ1n) is 4.81. The summed E-state index contributed by atoms with van der Waals surface area (Å²) in [4.78, 5) is 28.5. The van der Waals surface area contributed by atoms with Crippen molar-refractivity contribution in [2.24, 2.45) is 0 Å². The van der Waals surface area contributed by atoms with E-state index in [4.69, 9.17) is 10.8 Å². The molecule has 0 spiro atoms. The number of nitrogens with two attached hydrogens (primary N) is 1. The molecule has 0 bridgehead atoms. The molecule has 0 unspecified atom stereocenters. The topological polar surface area (TPSA) is 121 Å². The lowest BCUT2D eigenvalue weighted by Gasteiger charge is -2.04. The van der Waals surface area contributed by atoms with Gasteiger partial charge in [0.15, 0.2) is 0 Å². The van der Waals surface area contributed by atoms with Gasteiger partial charge in [0, 0.05) is 5.69 Å². The molecule has 17 heavy (non-hydrogen) atoms. The van der Waals surface area contributed by atoms with Crippen LogP contribution in [0.15, 0.2) is 23.0 Å². The van der Waals surface area contributed by atoms with Crippen LogP contribution in [0, 0.1) is 0 Å². The van der Waals surface area contributed by atoms with E-state index in [0.29, 0.717) is 16.6 Å². The van der Waals surface area contributed by atoms with Crippen molar-refractivity contribution < 1.29 is 9.90 Å². The summed E-state index contributed by atoms with van der Waals surface area (Å²) in [5, 5.41) is 11.4. The number of fused-ring (bicyclic) bond motifs is 1. The van der Waals surface area contributed by atoms with Gasteiger partial charge in [-0.15, -0.1) is 0 Å². The Hall–Kier alpha value is -2.57. The van der Waals surface area contributed by atoms with E-state index >= 15 is 0 Å². The minimum Gasteiger partial charge on any atom is -0.480 e. The van der Waals surface area contributed by atoms with Crippen molar-refractivity contribution in [2.45, 2.75) is 0 Å². The van der Waals surface area contributed by atoms with Gasteiger partial charge in [0.1, 0.15) is 6.54 Å². The lowest BCUT2D eigenvalue weighted by molar-refractivity contribution is -0.134. The van der Waals surface area contributed by atoms with Gasteiger partial charge in [-0.05, 0) is 18.2 Å². The Morgan fingerprint density at radius 2 is 2.29 bits per heavy atom. The molecular weight excluding hydrogens is 224 g/mol. The zero-order chi connectivity index (χ0) is 12.4. The van der Waals surface area contributed by atoms with E-state index in [-0.39, 0.29) is 18.1 Å². The number of nitrogens with one attached hydrogen (secondary N) is 2. The molecule has 7 nitrogen and oxygen atoms in total. The molecule has 1 aromatic carbocycles. The lowest BCUT2D eigenvalue weighted by atomic mass is 10.2. The number of carbonyl (C=O) groups is 1. The van der Waals surface area contributed by atoms with E-state index < -0.39 is 5.97 Å². The summed E-state index contributed by atoms with van der Waals surface area (Å²) in [5.74, 6) is -0.917. The lowest BCUT2D eigenvalue weighted by Crippen LogP contribution is -2.18. The number of anilines is 2. The van der Waals surface area contributed by atoms with Crippen LogP contribution >= 0.6 is 0 Å². The smallest absolute Gasteiger partial charge is 0.322 e. The summed E-state index contributed by atoms with van der Waals surface area (Å²) in [6, 6.07) is 4.74. The highest BCUT2D eigenvalue weighted by Gasteiger charge is 2.05. The van der Waals surface area contributed by atoms with Gasteiger partial charge in [-0.25, -0.2) is 4.98 Å². The van der Waals surface area contributed by atoms with Crippen molar-refractivity contribution in [3.63, 3.8) is 0 Å². The average molecular weight is 234 g/mol. The fraction of sp³-hybridized carbons (Fsp3) is 0.100. The molecule has 0 aliphatic carbocycles. The highest BCUT2D eigenvalue weighted by molar-refractivity contribution is 5.82. The van der Waals surface area contributed by atoms with Crippen LogP contribution in [0.1, 0.15) is 0 Å². The number of aliphatic carboxylic acids is 1. The van der Waals surface area contributed by atoms with Crippen LogP contribution in [0.5, 0.6) is 0 Å². The molecule has 0 aliphatic heterocycles. The first kappa shape index (κ1) is 10.9. The first-order chi connectivity index (χ1) is 8.06. The summed E-state index contributed by atoms with van der Waals surface area (Å²) >= 11 is 0. The van der Waals surface area contributed by atoms with Crippen molar-refractivity contribution in [3.05, 3.63) is 28.6 Å². The van der Waals surface area contributed by atoms with Crippen molar-refractivity contribution >= 4 is 28.5 Å². The molecule has 88 valence electrons. The number of carboxylic acids is 1. The third-order valence-corrected chi connectivity index (χ3v) is 2.14. The van der Waals surface area contributed by atoms with Gasteiger partial charge in [0.2, 0.25) is 5.95 Å². The zero-order valence-electron chi connectivity index (χ0n) is 8.73. The summed E-state index contributed by atoms with van der Waals surface area (Å²) < 4.78 is 0. The van der Waals surface area contributed by atoms with Gasteiger partial charge in [0.05, 0.1) is 10.9 Å². The van der Waals surface area contributed by atoms with E-state index in [1.165, 1.54) is 6.07 Å². The molecule has 2 aromatic rings. The third-order valence-electron chi connectivity index (χ3n) is 2.14. The molecule has 0 aliphatic rings. The van der Waals surface area contributed by atoms with Crippen LogP contribution in [0.25, 0.3) is 10.9 Å². The molecule has 0 amide bonds. The van der Waals surface area contributed by atoms with E-state index in [1.54, 1.807) is 12.1 Å². The minimum absolute atomic E-state index is 0.120. The molecule has 1 heterocycles. The Bertz CT molecular complexity index is 635. The molecular formula is C10H10N4O3. The van der Waals surface area contributed by atoms with Gasteiger partial charge in [-0.2, -0.15) is 0 Å². The van der Waals surface area contributed by atoms with Crippen LogP contribution in [-0.2, 0) is 4.79 Å². The molecule has 1 aromatic heterocycles. The van der Waals surface area contributed by atoms with E-state index in [9.17, 15) is 9.59 Å². The number of benzene rings is 1. The second-order valence-electron chi connectivity index (χ2n) is 3.44. The number of H-pyrrole nitrogens is 1. The number of hydrogen-bond donors (Lipinski definition) is 4. The molecule has 0 atom stereocenters. The second-order valence-corrected chi connectivity index (χ2v) is 3.44. The molecule has 5 N–H and O–H groups in total. The van der Waals surface area contributed by atoms with Crippen molar-refractivity contribution in [1.82, 2.24) is 9.97 Å². The van der Waals surface area contributed by atoms with Crippen LogP contribution in [0.4, 0.5) is 11.6 Å². The third kappa shape index (κ3) is 2.33. The SMILES string of the molecule is Nc1ccc2nc(NCC(=O)O)[nH]c(=O)c2c1. The Kier molecular flexibility index (Phi) is 2.65. The maximum absolute atomic E-state index is 11.7. The number of aromatic nitrogens is 2. The highest BCUT2D eigenvalue weighted by Crippen LogP contribution is 2.12. The first-order valence-corrected chi connectivity index (χ1v) is 4.81. The summed E-state index contributed by atoms with van der Waals surface area (Å²) in [5.41, 5.74) is 6.11. The van der Waals surface area contributed by atoms with Crippen LogP contribution in [0.2, 0.25) is 0 Å². The molecule has 0 saturated heterocycles. The minimum atomic E-state index is -1.04. The maximum Gasteiger partial charge on any atom is 0.322 e. The van der Waals surface area contributed by atoms with Crippen LogP contribution in [-0.4, -0.2) is 27.6 Å². The van der Waals surface area contributed by atoms with Gasteiger partial charge in [0.25, 0.3) is 5.56 Å². The highest BCUT2D eigenvalue weighted by atomic mass is 16.4. The number of nitrogen functional groups attached to an aromatic ring is 1. The van der Waals surface area contributed by atoms with E-state index in [2.05, 4.69) is 15.3 Å². The van der Waals surface area contributed by atoms with E-state index in [0.717, 1.165) is 0 Å². The quantitative estimate of drug-likeness (QED) is 0.555. The number of rotatable bonds is 3. The standard InChI is InChI=1S/C10H10N4O3/c11-5-1-2-7-6(3-5)9(17)14-10(13-7)12-4-8(15)16/h1-3H,4,11H2,(H,15,16)(H2,12,13,14,17). The normalized spacial score (nSPS) is 10.4. The fourth-order valence-corrected chi connectivity index (χ4v) is 1.40. The van der Waals surface area contributed by atoms with Crippen molar-refractivity contribution in [2.75, 3.05) is 17.6 Å². The Labute approximate surface area is 95.3 Å². The maximum atomic E-state index is 11.7. The molecule has 0 fully saturated rings. The van der Waals surface area contributed by atoms with Gasteiger partial charge in [-0.1, -0.05) is 0 Å². The van der Waals surface area contributed by atoms with Gasteiger partial charge >= 0.3 is 5.97 Å². The number of hydrogen-bond acceptors (Lipinski definition) is 5. The number of aromatic amines is 1. The van der Waals surface area contributed by atoms with Gasteiger partial charge in [-0.3, -0.25) is 14.6 Å². The monoisotopic (exact) mass is 234 g/mol. The fourth-order valence-electron chi connectivity index (χ4n) is 1.40. The summed E-state index contributed by atoms with van der Waals surface area (Å²) in [6.07, 6.45) is 0. The second kappa shape index (κ2) is 4.12. The molecule has 7 heteroatoms. The van der Waals surface area contributed by atoms with Crippen LogP contribution in [0.3, 0.4) is 0 Å². The Morgan fingerprint density at radius 1 is 1.53 bits per heavy atom. The van der Waals surface area contributed by atoms with Crippen LogP contribution < -0.4 is 16.6 Å². The molecule has 2 rings (SSSR count). The molecule has 0 radical (unpaired) electrons. The van der Waals surface area contributed by atoms with Crippen molar-refractivity contribution in [1.29, 1.82) is 0 Å². The summed E-state index contributed by atoms with van der Waals surface area (Å²) in [6.45, 7) is -0.316. The predicted octanol–water partition coefficient (Wildman–Crippen LogP) is 0.00180. The predicted molar refractivity (Wildman–Crippen MR) is 62.9 cm³/mol. The molecule has 0 saturated carbocycles.